The first-order chi connectivity index (χ1) is 8.96. The van der Waals surface area contributed by atoms with Gasteiger partial charge < -0.3 is 11.1 Å². The second kappa shape index (κ2) is 6.66. The van der Waals surface area contributed by atoms with Crippen LogP contribution in [0.15, 0.2) is 18.2 Å². The van der Waals surface area contributed by atoms with E-state index in [2.05, 4.69) is 19.2 Å². The lowest BCUT2D eigenvalue weighted by molar-refractivity contribution is 0.0927. The van der Waals surface area contributed by atoms with Crippen molar-refractivity contribution in [2.75, 3.05) is 13.1 Å². The Kier molecular flexibility index (Phi) is 5.48. The zero-order valence-electron chi connectivity index (χ0n) is 11.9. The molecule has 0 saturated heterocycles. The minimum Gasteiger partial charge on any atom is -0.351 e. The van der Waals surface area contributed by atoms with E-state index in [1.807, 2.05) is 0 Å². The van der Waals surface area contributed by atoms with Crippen LogP contribution < -0.4 is 11.1 Å². The fourth-order valence-corrected chi connectivity index (χ4v) is 2.10. The van der Waals surface area contributed by atoms with Gasteiger partial charge in [-0.2, -0.15) is 0 Å². The van der Waals surface area contributed by atoms with Crippen LogP contribution >= 0.6 is 0 Å². The molecule has 3 nitrogen and oxygen atoms in total. The van der Waals surface area contributed by atoms with E-state index in [-0.39, 0.29) is 17.1 Å². The molecule has 1 aromatic carbocycles. The van der Waals surface area contributed by atoms with E-state index in [0.717, 1.165) is 18.4 Å². The molecule has 3 N–H and O–H groups in total. The van der Waals surface area contributed by atoms with Gasteiger partial charge in [-0.15, -0.1) is 0 Å². The van der Waals surface area contributed by atoms with Gasteiger partial charge in [0.15, 0.2) is 0 Å². The Bertz CT molecular complexity index is 413. The molecule has 0 aliphatic heterocycles. The fourth-order valence-electron chi connectivity index (χ4n) is 2.10. The smallest absolute Gasteiger partial charge is 0.251 e. The van der Waals surface area contributed by atoms with E-state index in [0.29, 0.717) is 18.7 Å². The quantitative estimate of drug-likeness (QED) is 0.831. The maximum Gasteiger partial charge on any atom is 0.251 e. The Morgan fingerprint density at radius 1 is 1.32 bits per heavy atom. The summed E-state index contributed by atoms with van der Waals surface area (Å²) in [4.78, 5) is 12.0. The van der Waals surface area contributed by atoms with E-state index in [4.69, 9.17) is 5.73 Å². The first kappa shape index (κ1) is 15.6. The lowest BCUT2D eigenvalue weighted by atomic mass is 9.82. The highest BCUT2D eigenvalue weighted by Gasteiger charge is 2.25. The average Bonchev–Trinajstić information content (AvgIpc) is 2.39. The molecule has 0 aromatic heterocycles. The number of carbonyl (C=O) groups excluding carboxylic acids is 1. The molecule has 0 bridgehead atoms. The number of hydrogen-bond donors (Lipinski definition) is 2. The SMILES string of the molecule is CCC(CC)(CN)CNC(=O)c1cc(C)cc(F)c1. The number of carbonyl (C=O) groups is 1. The highest BCUT2D eigenvalue weighted by molar-refractivity contribution is 5.94. The topological polar surface area (TPSA) is 55.1 Å². The molecule has 1 aromatic rings. The van der Waals surface area contributed by atoms with Crippen LogP contribution in [-0.4, -0.2) is 19.0 Å². The third-order valence-electron chi connectivity index (χ3n) is 3.86. The number of amides is 1. The Hall–Kier alpha value is -1.42. The van der Waals surface area contributed by atoms with Gasteiger partial charge in [0.2, 0.25) is 0 Å². The molecule has 0 aliphatic rings. The molecule has 4 heteroatoms. The first-order valence-corrected chi connectivity index (χ1v) is 6.72. The first-order valence-electron chi connectivity index (χ1n) is 6.72. The third kappa shape index (κ3) is 4.03. The van der Waals surface area contributed by atoms with Crippen LogP contribution in [0.2, 0.25) is 0 Å². The molecule has 1 amide bonds. The second-order valence-electron chi connectivity index (χ2n) is 5.11. The lowest BCUT2D eigenvalue weighted by Crippen LogP contribution is -2.41. The van der Waals surface area contributed by atoms with Crippen molar-refractivity contribution in [3.8, 4) is 0 Å². The average molecular weight is 266 g/mol. The molecular weight excluding hydrogens is 243 g/mol. The minimum absolute atomic E-state index is 0.0714. The zero-order chi connectivity index (χ0) is 14.5. The van der Waals surface area contributed by atoms with E-state index < -0.39 is 0 Å². The largest absolute Gasteiger partial charge is 0.351 e. The molecule has 0 fully saturated rings. The maximum atomic E-state index is 13.3. The monoisotopic (exact) mass is 266 g/mol. The van der Waals surface area contributed by atoms with Crippen molar-refractivity contribution in [1.29, 1.82) is 0 Å². The zero-order valence-corrected chi connectivity index (χ0v) is 11.9. The number of aryl methyl sites for hydroxylation is 1. The molecule has 0 unspecified atom stereocenters. The van der Waals surface area contributed by atoms with Crippen molar-refractivity contribution in [2.45, 2.75) is 33.6 Å². The Morgan fingerprint density at radius 2 is 1.95 bits per heavy atom. The van der Waals surface area contributed by atoms with Gasteiger partial charge in [-0.05, 0) is 55.5 Å². The molecular formula is C15H23FN2O. The summed E-state index contributed by atoms with van der Waals surface area (Å²) in [6.45, 7) is 6.94. The van der Waals surface area contributed by atoms with Crippen molar-refractivity contribution in [3.05, 3.63) is 35.1 Å². The van der Waals surface area contributed by atoms with Crippen molar-refractivity contribution in [3.63, 3.8) is 0 Å². The van der Waals surface area contributed by atoms with Gasteiger partial charge in [-0.25, -0.2) is 4.39 Å². The summed E-state index contributed by atoms with van der Waals surface area (Å²) in [7, 11) is 0. The molecule has 0 saturated carbocycles. The number of halogens is 1. The van der Waals surface area contributed by atoms with Crippen LogP contribution in [0, 0.1) is 18.2 Å². The molecule has 19 heavy (non-hydrogen) atoms. The van der Waals surface area contributed by atoms with E-state index in [1.54, 1.807) is 13.0 Å². The van der Waals surface area contributed by atoms with Crippen molar-refractivity contribution >= 4 is 5.91 Å². The lowest BCUT2D eigenvalue weighted by Gasteiger charge is -2.30. The Morgan fingerprint density at radius 3 is 2.42 bits per heavy atom. The second-order valence-corrected chi connectivity index (χ2v) is 5.11. The summed E-state index contributed by atoms with van der Waals surface area (Å²) < 4.78 is 13.3. The number of rotatable bonds is 6. The minimum atomic E-state index is -0.388. The molecule has 0 aliphatic carbocycles. The number of hydrogen-bond acceptors (Lipinski definition) is 2. The highest BCUT2D eigenvalue weighted by Crippen LogP contribution is 2.23. The van der Waals surface area contributed by atoms with Crippen molar-refractivity contribution in [1.82, 2.24) is 5.32 Å². The maximum absolute atomic E-state index is 13.3. The summed E-state index contributed by atoms with van der Waals surface area (Å²) in [6, 6.07) is 4.34. The normalized spacial score (nSPS) is 11.4. The molecule has 0 radical (unpaired) electrons. The fraction of sp³-hybridized carbons (Fsp3) is 0.533. The third-order valence-corrected chi connectivity index (χ3v) is 3.86. The van der Waals surface area contributed by atoms with Crippen LogP contribution in [-0.2, 0) is 0 Å². The van der Waals surface area contributed by atoms with Gasteiger partial charge in [0, 0.05) is 12.1 Å². The summed E-state index contributed by atoms with van der Waals surface area (Å²) in [6.07, 6.45) is 1.81. The van der Waals surface area contributed by atoms with Gasteiger partial charge in [0.25, 0.3) is 5.91 Å². The summed E-state index contributed by atoms with van der Waals surface area (Å²) in [5, 5.41) is 2.86. The van der Waals surface area contributed by atoms with Gasteiger partial charge in [-0.3, -0.25) is 4.79 Å². The summed E-state index contributed by atoms with van der Waals surface area (Å²) in [5.41, 5.74) is 6.81. The van der Waals surface area contributed by atoms with Crippen LogP contribution in [0.25, 0.3) is 0 Å². The molecule has 0 atom stereocenters. The Balaban J connectivity index is 2.74. The standard InChI is InChI=1S/C15H23FN2O/c1-4-15(5-2,9-17)10-18-14(19)12-6-11(3)7-13(16)8-12/h6-8H,4-5,9-10,17H2,1-3H3,(H,18,19). The molecule has 0 heterocycles. The summed E-state index contributed by atoms with van der Waals surface area (Å²) in [5.74, 6) is -0.636. The number of nitrogens with one attached hydrogen (secondary N) is 1. The number of nitrogens with two attached hydrogens (primary N) is 1. The van der Waals surface area contributed by atoms with E-state index in [1.165, 1.54) is 12.1 Å². The number of benzene rings is 1. The van der Waals surface area contributed by atoms with E-state index >= 15 is 0 Å². The highest BCUT2D eigenvalue weighted by atomic mass is 19.1. The van der Waals surface area contributed by atoms with Crippen molar-refractivity contribution in [2.24, 2.45) is 11.1 Å². The predicted octanol–water partition coefficient (Wildman–Crippen LogP) is 2.63. The van der Waals surface area contributed by atoms with Gasteiger partial charge in [-0.1, -0.05) is 13.8 Å². The molecule has 1 rings (SSSR count). The predicted molar refractivity (Wildman–Crippen MR) is 75.5 cm³/mol. The van der Waals surface area contributed by atoms with Gasteiger partial charge in [0.05, 0.1) is 0 Å². The van der Waals surface area contributed by atoms with Gasteiger partial charge in [0.1, 0.15) is 5.82 Å². The summed E-state index contributed by atoms with van der Waals surface area (Å²) >= 11 is 0. The molecule has 0 spiro atoms. The van der Waals surface area contributed by atoms with E-state index in [9.17, 15) is 9.18 Å². The van der Waals surface area contributed by atoms with Crippen molar-refractivity contribution < 1.29 is 9.18 Å². The van der Waals surface area contributed by atoms with Gasteiger partial charge >= 0.3 is 0 Å². The van der Waals surface area contributed by atoms with Crippen LogP contribution in [0.3, 0.4) is 0 Å². The molecule has 106 valence electrons. The van der Waals surface area contributed by atoms with Crippen LogP contribution in [0.4, 0.5) is 4.39 Å². The van der Waals surface area contributed by atoms with Crippen LogP contribution in [0.5, 0.6) is 0 Å². The Labute approximate surface area is 114 Å². The van der Waals surface area contributed by atoms with Crippen LogP contribution in [0.1, 0.15) is 42.6 Å².